The number of benzene rings is 1. The van der Waals surface area contributed by atoms with E-state index in [0.717, 1.165) is 67.7 Å². The van der Waals surface area contributed by atoms with Gasteiger partial charge in [-0.1, -0.05) is 31.4 Å². The molecule has 1 heterocycles. The lowest BCUT2D eigenvalue weighted by molar-refractivity contribution is -0.146. The fourth-order valence-corrected chi connectivity index (χ4v) is 5.00. The highest BCUT2D eigenvalue weighted by atomic mass is 16.5. The van der Waals surface area contributed by atoms with E-state index in [1.54, 1.807) is 7.11 Å². The molecule has 1 aromatic rings. The average molecular weight is 457 g/mol. The molecule has 1 saturated heterocycles. The number of morpholine rings is 1. The molecule has 3 fully saturated rings. The normalized spacial score (nSPS) is 21.5. The van der Waals surface area contributed by atoms with E-state index in [2.05, 4.69) is 28.8 Å². The maximum absolute atomic E-state index is 13.2. The van der Waals surface area contributed by atoms with E-state index in [1.807, 2.05) is 4.90 Å². The Hall–Kier alpha value is -1.96. The van der Waals surface area contributed by atoms with Crippen LogP contribution < -0.4 is 10.6 Å². The molecule has 0 aromatic heterocycles. The van der Waals surface area contributed by atoms with Crippen molar-refractivity contribution < 1.29 is 14.3 Å². The van der Waals surface area contributed by atoms with Crippen LogP contribution in [0, 0.1) is 11.3 Å². The number of anilines is 1. The van der Waals surface area contributed by atoms with Crippen LogP contribution in [0.3, 0.4) is 0 Å². The topological polar surface area (TPSA) is 86.7 Å². The highest BCUT2D eigenvalue weighted by Gasteiger charge is 2.37. The zero-order valence-electron chi connectivity index (χ0n) is 20.0. The van der Waals surface area contributed by atoms with Gasteiger partial charge in [-0.15, -0.1) is 0 Å². The largest absolute Gasteiger partial charge is 0.385 e. The first kappa shape index (κ1) is 24.2. The third-order valence-electron chi connectivity index (χ3n) is 7.05. The molecule has 2 aliphatic carbocycles. The van der Waals surface area contributed by atoms with Gasteiger partial charge in [0.05, 0.1) is 6.61 Å². The van der Waals surface area contributed by atoms with E-state index in [-0.39, 0.29) is 12.0 Å². The zero-order valence-corrected chi connectivity index (χ0v) is 20.0. The van der Waals surface area contributed by atoms with E-state index < -0.39 is 0 Å². The Morgan fingerprint density at radius 3 is 2.76 bits per heavy atom. The van der Waals surface area contributed by atoms with Crippen molar-refractivity contribution in [2.24, 2.45) is 5.92 Å². The third-order valence-corrected chi connectivity index (χ3v) is 7.05. The molecule has 1 amide bonds. The molecule has 0 radical (unpaired) electrons. The van der Waals surface area contributed by atoms with E-state index in [1.165, 1.54) is 19.3 Å². The molecule has 182 valence electrons. The number of carbonyl (C=O) groups is 1. The lowest BCUT2D eigenvalue weighted by atomic mass is 9.82. The molecule has 3 N–H and O–H groups in total. The van der Waals surface area contributed by atoms with Gasteiger partial charge in [0.25, 0.3) is 5.91 Å². The van der Waals surface area contributed by atoms with Gasteiger partial charge in [-0.05, 0) is 43.7 Å². The molecule has 7 nitrogen and oxygen atoms in total. The summed E-state index contributed by atoms with van der Waals surface area (Å²) < 4.78 is 11.0. The molecular formula is C26H40N4O3. The predicted molar refractivity (Wildman–Crippen MR) is 131 cm³/mol. The quantitative estimate of drug-likeness (QED) is 0.350. The molecule has 1 aromatic carbocycles. The molecule has 1 atom stereocenters. The molecule has 7 heteroatoms. The van der Waals surface area contributed by atoms with E-state index in [0.29, 0.717) is 38.3 Å². The van der Waals surface area contributed by atoms with Crippen LogP contribution >= 0.6 is 0 Å². The Morgan fingerprint density at radius 2 is 2.06 bits per heavy atom. The number of nitrogens with zero attached hydrogens (tertiary/aromatic N) is 1. The number of hydrogen-bond acceptors (Lipinski definition) is 6. The smallest absolute Gasteiger partial charge is 0.253 e. The molecule has 1 aliphatic heterocycles. The summed E-state index contributed by atoms with van der Waals surface area (Å²) in [5, 5.41) is 15.8. The van der Waals surface area contributed by atoms with Crippen molar-refractivity contribution in [2.45, 2.75) is 70.1 Å². The van der Waals surface area contributed by atoms with Gasteiger partial charge in [0.15, 0.2) is 0 Å². The first-order valence-corrected chi connectivity index (χ1v) is 12.7. The second-order valence-electron chi connectivity index (χ2n) is 9.66. The van der Waals surface area contributed by atoms with Crippen LogP contribution in [0.5, 0.6) is 0 Å². The summed E-state index contributed by atoms with van der Waals surface area (Å²) in [7, 11) is 1.72. The van der Waals surface area contributed by atoms with Crippen molar-refractivity contribution in [3.8, 4) is 0 Å². The number of ether oxygens (including phenoxy) is 2. The fraction of sp³-hybridized carbons (Fsp3) is 0.692. The lowest BCUT2D eigenvalue weighted by Crippen LogP contribution is -2.49. The molecule has 0 bridgehead atoms. The maximum atomic E-state index is 13.2. The fourth-order valence-electron chi connectivity index (χ4n) is 5.00. The minimum absolute atomic E-state index is 0.0957. The first-order chi connectivity index (χ1) is 16.2. The van der Waals surface area contributed by atoms with Crippen molar-refractivity contribution in [1.29, 1.82) is 5.41 Å². The highest BCUT2D eigenvalue weighted by molar-refractivity contribution is 6.04. The van der Waals surface area contributed by atoms with Gasteiger partial charge in [0, 0.05) is 68.8 Å². The van der Waals surface area contributed by atoms with Crippen LogP contribution in [0.25, 0.3) is 0 Å². The van der Waals surface area contributed by atoms with Crippen molar-refractivity contribution in [3.05, 3.63) is 29.3 Å². The Balaban J connectivity index is 1.50. The zero-order chi connectivity index (χ0) is 23.0. The summed E-state index contributed by atoms with van der Waals surface area (Å²) in [6.07, 6.45) is 8.62. The van der Waals surface area contributed by atoms with Gasteiger partial charge >= 0.3 is 0 Å². The highest BCUT2D eigenvalue weighted by Crippen LogP contribution is 2.32. The minimum Gasteiger partial charge on any atom is -0.385 e. The number of amides is 1. The summed E-state index contributed by atoms with van der Waals surface area (Å²) in [6.45, 7) is 4.08. The van der Waals surface area contributed by atoms with Gasteiger partial charge in [-0.3, -0.25) is 4.79 Å². The maximum Gasteiger partial charge on any atom is 0.253 e. The summed E-state index contributed by atoms with van der Waals surface area (Å²) >= 11 is 0. The van der Waals surface area contributed by atoms with E-state index in [4.69, 9.17) is 14.9 Å². The van der Waals surface area contributed by atoms with Gasteiger partial charge in [0.1, 0.15) is 6.10 Å². The van der Waals surface area contributed by atoms with Crippen LogP contribution in [0.15, 0.2) is 18.2 Å². The predicted octanol–water partition coefficient (Wildman–Crippen LogP) is 3.56. The number of methoxy groups -OCH3 is 1. The molecule has 33 heavy (non-hydrogen) atoms. The summed E-state index contributed by atoms with van der Waals surface area (Å²) in [4.78, 5) is 15.2. The first-order valence-electron chi connectivity index (χ1n) is 12.7. The van der Waals surface area contributed by atoms with Crippen LogP contribution in [-0.4, -0.2) is 68.6 Å². The monoisotopic (exact) mass is 456 g/mol. The van der Waals surface area contributed by atoms with Gasteiger partial charge < -0.3 is 30.4 Å². The summed E-state index contributed by atoms with van der Waals surface area (Å²) in [5.74, 6) is 0.447. The minimum atomic E-state index is -0.384. The number of carbonyl (C=O) groups excluding carboxylic acids is 1. The second kappa shape index (κ2) is 12.0. The van der Waals surface area contributed by atoms with Gasteiger partial charge in [-0.25, -0.2) is 0 Å². The summed E-state index contributed by atoms with van der Waals surface area (Å²) in [5.41, 5.74) is 3.88. The molecular weight excluding hydrogens is 416 g/mol. The van der Waals surface area contributed by atoms with Crippen molar-refractivity contribution in [1.82, 2.24) is 10.2 Å². The molecule has 0 spiro atoms. The average Bonchev–Trinajstić information content (AvgIpc) is 3.71. The Labute approximate surface area is 198 Å². The Kier molecular flexibility index (Phi) is 8.75. The van der Waals surface area contributed by atoms with E-state index >= 15 is 0 Å². The van der Waals surface area contributed by atoms with Gasteiger partial charge in [-0.2, -0.15) is 0 Å². The van der Waals surface area contributed by atoms with Crippen LogP contribution in [0.1, 0.15) is 62.5 Å². The third kappa shape index (κ3) is 6.55. The molecule has 3 aliphatic rings. The SMILES string of the molecule is COCCCNc1cc(CN(C(=O)[C@H]2CNCCO2)C2CC2)ccc1C(=N)C1CCCCC1. The standard InChI is InChI=1S/C26H40N4O3/c1-32-14-5-12-29-23-16-19(8-11-22(23)25(27)20-6-3-2-4-7-20)18-30(21-9-10-21)26(31)24-17-28-13-15-33-24/h8,11,16,20-21,24,27-29H,2-7,9-10,12-15,17-18H2,1H3/t24-/m1/s1. The van der Waals surface area contributed by atoms with Crippen molar-refractivity contribution in [2.75, 3.05) is 45.3 Å². The Morgan fingerprint density at radius 1 is 1.24 bits per heavy atom. The number of hydrogen-bond donors (Lipinski definition) is 3. The second-order valence-corrected chi connectivity index (χ2v) is 9.66. The van der Waals surface area contributed by atoms with E-state index in [9.17, 15) is 4.79 Å². The van der Waals surface area contributed by atoms with Crippen molar-refractivity contribution >= 4 is 17.3 Å². The number of nitrogens with one attached hydrogen (secondary N) is 3. The number of rotatable bonds is 11. The summed E-state index contributed by atoms with van der Waals surface area (Å²) in [6, 6.07) is 6.68. The molecule has 2 saturated carbocycles. The van der Waals surface area contributed by atoms with Gasteiger partial charge in [0.2, 0.25) is 0 Å². The lowest BCUT2D eigenvalue weighted by Gasteiger charge is -2.30. The van der Waals surface area contributed by atoms with Crippen molar-refractivity contribution in [3.63, 3.8) is 0 Å². The van der Waals surface area contributed by atoms with Crippen LogP contribution in [0.4, 0.5) is 5.69 Å². The Bertz CT molecular complexity index is 799. The van der Waals surface area contributed by atoms with Crippen LogP contribution in [0.2, 0.25) is 0 Å². The molecule has 0 unspecified atom stereocenters. The molecule has 4 rings (SSSR count). The van der Waals surface area contributed by atoms with Crippen LogP contribution in [-0.2, 0) is 20.8 Å².